The maximum absolute atomic E-state index is 12.1. The Balaban J connectivity index is 0.00000225. The number of nitrogens with zero attached hydrogens (tertiary/aromatic N) is 1. The van der Waals surface area contributed by atoms with Crippen LogP contribution in [0.5, 0.6) is 0 Å². The summed E-state index contributed by atoms with van der Waals surface area (Å²) >= 11 is 0. The first-order chi connectivity index (χ1) is 11.7. The minimum Gasteiger partial charge on any atom is -0.355 e. The average molecular weight is 365 g/mol. The van der Waals surface area contributed by atoms with Gasteiger partial charge in [0.15, 0.2) is 11.5 Å². The van der Waals surface area contributed by atoms with Crippen molar-refractivity contribution < 1.29 is 14.1 Å². The quantitative estimate of drug-likeness (QED) is 0.744. The number of nitrogens with one attached hydrogen (secondary N) is 3. The van der Waals surface area contributed by atoms with Gasteiger partial charge in [-0.15, -0.1) is 12.4 Å². The summed E-state index contributed by atoms with van der Waals surface area (Å²) < 4.78 is 5.18. The number of hydrogen-bond acceptors (Lipinski definition) is 5. The van der Waals surface area contributed by atoms with Crippen LogP contribution in [-0.4, -0.2) is 42.6 Å². The second-order valence-corrected chi connectivity index (χ2v) is 5.74. The summed E-state index contributed by atoms with van der Waals surface area (Å²) in [7, 11) is 0. The van der Waals surface area contributed by atoms with Crippen molar-refractivity contribution in [3.05, 3.63) is 42.1 Å². The van der Waals surface area contributed by atoms with Crippen molar-refractivity contribution in [2.24, 2.45) is 0 Å². The average Bonchev–Trinajstić information content (AvgIpc) is 3.11. The lowest BCUT2D eigenvalue weighted by molar-refractivity contribution is -0.120. The van der Waals surface area contributed by atoms with Gasteiger partial charge in [0.2, 0.25) is 5.91 Å². The molecule has 3 N–H and O–H groups in total. The third-order valence-electron chi connectivity index (χ3n) is 3.87. The summed E-state index contributed by atoms with van der Waals surface area (Å²) in [5.41, 5.74) is 0.993. The molecule has 1 aromatic heterocycles. The highest BCUT2D eigenvalue weighted by Gasteiger charge is 2.17. The fraction of sp³-hybridized carbons (Fsp3) is 0.353. The summed E-state index contributed by atoms with van der Waals surface area (Å²) in [6.07, 6.45) is 1.99. The SMILES string of the molecule is Cl.O=C(CNC(=O)c1cc(-c2ccccc2)on1)N[C@H]1CCCNC1. The van der Waals surface area contributed by atoms with Crippen molar-refractivity contribution in [1.82, 2.24) is 21.1 Å². The molecule has 2 aromatic rings. The van der Waals surface area contributed by atoms with E-state index in [-0.39, 0.29) is 36.6 Å². The van der Waals surface area contributed by atoms with Crippen LogP contribution in [0.1, 0.15) is 23.3 Å². The third kappa shape index (κ3) is 5.30. The number of carbonyl (C=O) groups excluding carboxylic acids is 2. The molecule has 1 fully saturated rings. The lowest BCUT2D eigenvalue weighted by Gasteiger charge is -2.23. The van der Waals surface area contributed by atoms with E-state index in [1.165, 1.54) is 0 Å². The first-order valence-electron chi connectivity index (χ1n) is 8.03. The molecular formula is C17H21ClN4O3. The topological polar surface area (TPSA) is 96.3 Å². The zero-order valence-corrected chi connectivity index (χ0v) is 14.5. The van der Waals surface area contributed by atoms with Crippen LogP contribution in [0.4, 0.5) is 0 Å². The maximum atomic E-state index is 12.1. The van der Waals surface area contributed by atoms with Gasteiger partial charge in [0.25, 0.3) is 5.91 Å². The molecule has 3 rings (SSSR count). The Bertz CT molecular complexity index is 699. The van der Waals surface area contributed by atoms with E-state index < -0.39 is 5.91 Å². The normalized spacial score (nSPS) is 16.6. The van der Waals surface area contributed by atoms with E-state index in [9.17, 15) is 9.59 Å². The molecule has 0 radical (unpaired) electrons. The van der Waals surface area contributed by atoms with Crippen LogP contribution in [0.25, 0.3) is 11.3 Å². The van der Waals surface area contributed by atoms with Gasteiger partial charge < -0.3 is 20.5 Å². The van der Waals surface area contributed by atoms with Crippen molar-refractivity contribution in [2.45, 2.75) is 18.9 Å². The van der Waals surface area contributed by atoms with Gasteiger partial charge >= 0.3 is 0 Å². The van der Waals surface area contributed by atoms with E-state index in [2.05, 4.69) is 21.1 Å². The molecule has 25 heavy (non-hydrogen) atoms. The number of carbonyl (C=O) groups is 2. The largest absolute Gasteiger partial charge is 0.355 e. The van der Waals surface area contributed by atoms with Crippen LogP contribution in [0.2, 0.25) is 0 Å². The van der Waals surface area contributed by atoms with Crippen molar-refractivity contribution in [3.8, 4) is 11.3 Å². The molecule has 0 saturated carbocycles. The molecule has 1 saturated heterocycles. The predicted octanol–water partition coefficient (Wildman–Crippen LogP) is 1.36. The third-order valence-corrected chi connectivity index (χ3v) is 3.87. The van der Waals surface area contributed by atoms with Gasteiger partial charge in [-0.1, -0.05) is 35.5 Å². The highest BCUT2D eigenvalue weighted by molar-refractivity contribution is 5.95. The molecular weight excluding hydrogens is 344 g/mol. The predicted molar refractivity (Wildman–Crippen MR) is 95.6 cm³/mol. The summed E-state index contributed by atoms with van der Waals surface area (Å²) in [5, 5.41) is 12.4. The fourth-order valence-electron chi connectivity index (χ4n) is 2.63. The summed E-state index contributed by atoms with van der Waals surface area (Å²) in [6, 6.07) is 11.1. The zero-order valence-electron chi connectivity index (χ0n) is 13.7. The second-order valence-electron chi connectivity index (χ2n) is 5.74. The molecule has 0 bridgehead atoms. The molecule has 0 spiro atoms. The summed E-state index contributed by atoms with van der Waals surface area (Å²) in [4.78, 5) is 23.9. The smallest absolute Gasteiger partial charge is 0.273 e. The Morgan fingerprint density at radius 1 is 1.28 bits per heavy atom. The minimum atomic E-state index is -0.433. The van der Waals surface area contributed by atoms with Gasteiger partial charge in [0, 0.05) is 24.2 Å². The van der Waals surface area contributed by atoms with E-state index in [1.54, 1.807) is 6.07 Å². The monoisotopic (exact) mass is 364 g/mol. The van der Waals surface area contributed by atoms with Crippen LogP contribution in [0, 0.1) is 0 Å². The van der Waals surface area contributed by atoms with Crippen LogP contribution in [0.15, 0.2) is 40.9 Å². The van der Waals surface area contributed by atoms with Crippen molar-refractivity contribution in [1.29, 1.82) is 0 Å². The van der Waals surface area contributed by atoms with Gasteiger partial charge in [-0.2, -0.15) is 0 Å². The van der Waals surface area contributed by atoms with E-state index in [0.717, 1.165) is 31.5 Å². The Morgan fingerprint density at radius 2 is 2.08 bits per heavy atom. The highest BCUT2D eigenvalue weighted by atomic mass is 35.5. The molecule has 1 aliphatic heterocycles. The minimum absolute atomic E-state index is 0. The van der Waals surface area contributed by atoms with E-state index in [0.29, 0.717) is 5.76 Å². The lowest BCUT2D eigenvalue weighted by Crippen LogP contribution is -2.48. The van der Waals surface area contributed by atoms with E-state index >= 15 is 0 Å². The van der Waals surface area contributed by atoms with Crippen molar-refractivity contribution in [2.75, 3.05) is 19.6 Å². The van der Waals surface area contributed by atoms with E-state index in [1.807, 2.05) is 30.3 Å². The van der Waals surface area contributed by atoms with Gasteiger partial charge in [-0.3, -0.25) is 9.59 Å². The molecule has 134 valence electrons. The Kier molecular flexibility index (Phi) is 6.97. The number of aromatic nitrogens is 1. The van der Waals surface area contributed by atoms with Crippen LogP contribution < -0.4 is 16.0 Å². The Labute approximate surface area is 151 Å². The van der Waals surface area contributed by atoms with Crippen molar-refractivity contribution >= 4 is 24.2 Å². The van der Waals surface area contributed by atoms with Crippen LogP contribution in [-0.2, 0) is 4.79 Å². The maximum Gasteiger partial charge on any atom is 0.273 e. The molecule has 7 nitrogen and oxygen atoms in total. The van der Waals surface area contributed by atoms with Gasteiger partial charge in [0.05, 0.1) is 6.54 Å². The summed E-state index contributed by atoms with van der Waals surface area (Å²) in [6.45, 7) is 1.67. The first kappa shape index (κ1) is 19.0. The summed E-state index contributed by atoms with van der Waals surface area (Å²) in [5.74, 6) is -0.125. The van der Waals surface area contributed by atoms with E-state index in [4.69, 9.17) is 4.52 Å². The number of piperidine rings is 1. The standard InChI is InChI=1S/C17H20N4O3.ClH/c22-16(20-13-7-4-8-18-10-13)11-19-17(23)14-9-15(24-21-14)12-5-2-1-3-6-12;/h1-3,5-6,9,13,18H,4,7-8,10-11H2,(H,19,23)(H,20,22);1H/t13-;/m0./s1. The molecule has 1 atom stereocenters. The molecule has 1 aliphatic rings. The number of amides is 2. The Morgan fingerprint density at radius 3 is 2.80 bits per heavy atom. The van der Waals surface area contributed by atoms with Gasteiger partial charge in [0.1, 0.15) is 0 Å². The van der Waals surface area contributed by atoms with Crippen LogP contribution in [0.3, 0.4) is 0 Å². The molecule has 0 unspecified atom stereocenters. The second kappa shape index (κ2) is 9.19. The zero-order chi connectivity index (χ0) is 16.8. The first-order valence-corrected chi connectivity index (χ1v) is 8.03. The number of benzene rings is 1. The number of rotatable bonds is 5. The number of halogens is 1. The molecule has 1 aromatic carbocycles. The van der Waals surface area contributed by atoms with Crippen LogP contribution >= 0.6 is 12.4 Å². The molecule has 0 aliphatic carbocycles. The molecule has 2 heterocycles. The lowest BCUT2D eigenvalue weighted by atomic mass is 10.1. The number of hydrogen-bond donors (Lipinski definition) is 3. The molecule has 8 heteroatoms. The fourth-order valence-corrected chi connectivity index (χ4v) is 2.63. The molecule has 2 amide bonds. The Hall–Kier alpha value is -2.38. The highest BCUT2D eigenvalue weighted by Crippen LogP contribution is 2.19. The van der Waals surface area contributed by atoms with Gasteiger partial charge in [-0.05, 0) is 19.4 Å². The van der Waals surface area contributed by atoms with Gasteiger partial charge in [-0.25, -0.2) is 0 Å². The van der Waals surface area contributed by atoms with Crippen molar-refractivity contribution in [3.63, 3.8) is 0 Å².